The number of amides is 2. The van der Waals surface area contributed by atoms with Crippen molar-refractivity contribution in [2.45, 2.75) is 52.0 Å². The van der Waals surface area contributed by atoms with Gasteiger partial charge in [0, 0.05) is 18.5 Å². The quantitative estimate of drug-likeness (QED) is 0.514. The van der Waals surface area contributed by atoms with Gasteiger partial charge in [0.05, 0.1) is 12.4 Å². The highest BCUT2D eigenvalue weighted by atomic mass is 35.5. The van der Waals surface area contributed by atoms with Crippen molar-refractivity contribution in [3.05, 3.63) is 0 Å². The Morgan fingerprint density at radius 3 is 2.43 bits per heavy atom. The van der Waals surface area contributed by atoms with Crippen LogP contribution in [0.5, 0.6) is 0 Å². The Morgan fingerprint density at radius 2 is 2.04 bits per heavy atom. The SMILES string of the molecule is CC1CC1.C[C@H](C[C@@H]1CCCNC1=O)NC(=O)CN.O=CCCl. The lowest BCUT2D eigenvalue weighted by molar-refractivity contribution is -0.127. The minimum Gasteiger partial charge on any atom is -0.356 e. The van der Waals surface area contributed by atoms with Crippen LogP contribution >= 0.6 is 11.6 Å². The number of nitrogens with one attached hydrogen (secondary N) is 2. The van der Waals surface area contributed by atoms with Gasteiger partial charge in [-0.15, -0.1) is 11.6 Å². The topological polar surface area (TPSA) is 101 Å². The van der Waals surface area contributed by atoms with Crippen molar-refractivity contribution in [2.75, 3.05) is 19.0 Å². The molecule has 2 fully saturated rings. The van der Waals surface area contributed by atoms with E-state index in [1.807, 2.05) is 6.92 Å². The first-order chi connectivity index (χ1) is 10.9. The number of aldehydes is 1. The number of carbonyl (C=O) groups excluding carboxylic acids is 3. The fourth-order valence-corrected chi connectivity index (χ4v) is 2.05. The van der Waals surface area contributed by atoms with Gasteiger partial charge in [0.15, 0.2) is 0 Å². The Kier molecular flexibility index (Phi) is 12.7. The fraction of sp³-hybridized carbons (Fsp3) is 0.812. The first-order valence-electron chi connectivity index (χ1n) is 8.21. The Labute approximate surface area is 143 Å². The molecule has 1 saturated carbocycles. The molecule has 0 spiro atoms. The summed E-state index contributed by atoms with van der Waals surface area (Å²) in [7, 11) is 0. The van der Waals surface area contributed by atoms with Crippen LogP contribution in [0.3, 0.4) is 0 Å². The highest BCUT2D eigenvalue weighted by Gasteiger charge is 2.24. The molecule has 1 saturated heterocycles. The first kappa shape index (κ1) is 21.9. The molecule has 134 valence electrons. The molecule has 1 aliphatic carbocycles. The van der Waals surface area contributed by atoms with Gasteiger partial charge < -0.3 is 21.2 Å². The van der Waals surface area contributed by atoms with Gasteiger partial charge in [-0.05, 0) is 32.1 Å². The molecular formula is C16H30ClN3O3. The molecule has 2 amide bonds. The second-order valence-corrected chi connectivity index (χ2v) is 6.35. The summed E-state index contributed by atoms with van der Waals surface area (Å²) in [5.41, 5.74) is 5.19. The molecule has 1 aliphatic heterocycles. The van der Waals surface area contributed by atoms with Crippen molar-refractivity contribution < 1.29 is 14.4 Å². The first-order valence-corrected chi connectivity index (χ1v) is 8.74. The number of hydrogen-bond donors (Lipinski definition) is 3. The fourth-order valence-electron chi connectivity index (χ4n) is 2.05. The van der Waals surface area contributed by atoms with Gasteiger partial charge in [-0.1, -0.05) is 19.8 Å². The molecule has 0 aromatic rings. The molecule has 0 bridgehead atoms. The summed E-state index contributed by atoms with van der Waals surface area (Å²) < 4.78 is 0. The third kappa shape index (κ3) is 13.0. The second kappa shape index (κ2) is 13.3. The smallest absolute Gasteiger partial charge is 0.233 e. The normalized spacial score (nSPS) is 20.7. The van der Waals surface area contributed by atoms with Gasteiger partial charge in [-0.3, -0.25) is 9.59 Å². The lowest BCUT2D eigenvalue weighted by atomic mass is 9.92. The van der Waals surface area contributed by atoms with Crippen molar-refractivity contribution in [3.8, 4) is 0 Å². The zero-order valence-corrected chi connectivity index (χ0v) is 14.9. The van der Waals surface area contributed by atoms with Crippen molar-refractivity contribution in [2.24, 2.45) is 17.6 Å². The summed E-state index contributed by atoms with van der Waals surface area (Å²) in [6, 6.07) is 0.00917. The third-order valence-electron chi connectivity index (χ3n) is 3.56. The van der Waals surface area contributed by atoms with E-state index in [-0.39, 0.29) is 36.2 Å². The zero-order chi connectivity index (χ0) is 17.7. The summed E-state index contributed by atoms with van der Waals surface area (Å²) >= 11 is 4.82. The largest absolute Gasteiger partial charge is 0.356 e. The molecule has 4 N–H and O–H groups in total. The predicted molar refractivity (Wildman–Crippen MR) is 92.2 cm³/mol. The van der Waals surface area contributed by atoms with Crippen molar-refractivity contribution >= 4 is 29.7 Å². The van der Waals surface area contributed by atoms with E-state index in [9.17, 15) is 9.59 Å². The molecular weight excluding hydrogens is 318 g/mol. The molecule has 6 nitrogen and oxygen atoms in total. The standard InChI is InChI=1S/C10H19N3O2.C4H8.C2H3ClO/c1-7(13-9(14)6-11)5-8-3-2-4-12-10(8)15;1-4-2-3-4;3-1-2-4/h7-8H,2-6,11H2,1H3,(H,12,15)(H,13,14);4H,2-3H2,1H3;2H,1H2/t7-,8+;;/m1../s1. The number of hydrogen-bond acceptors (Lipinski definition) is 4. The molecule has 0 radical (unpaired) electrons. The minimum absolute atomic E-state index is 0.00119. The van der Waals surface area contributed by atoms with Crippen LogP contribution in [-0.4, -0.2) is 43.1 Å². The maximum Gasteiger partial charge on any atom is 0.233 e. The maximum absolute atomic E-state index is 11.4. The summed E-state index contributed by atoms with van der Waals surface area (Å²) in [5.74, 6) is 1.17. The number of carbonyl (C=O) groups is 3. The number of alkyl halides is 1. The number of piperidine rings is 1. The minimum atomic E-state index is -0.168. The monoisotopic (exact) mass is 347 g/mol. The van der Waals surface area contributed by atoms with Crippen LogP contribution < -0.4 is 16.4 Å². The summed E-state index contributed by atoms with van der Waals surface area (Å²) in [5, 5.41) is 5.58. The van der Waals surface area contributed by atoms with E-state index < -0.39 is 0 Å². The Bertz CT molecular complexity index is 362. The van der Waals surface area contributed by atoms with E-state index in [0.717, 1.165) is 25.3 Å². The lowest BCUT2D eigenvalue weighted by Gasteiger charge is -2.24. The molecule has 0 unspecified atom stereocenters. The Morgan fingerprint density at radius 1 is 1.48 bits per heavy atom. The summed E-state index contributed by atoms with van der Waals surface area (Å²) in [6.45, 7) is 4.95. The predicted octanol–water partition coefficient (Wildman–Crippen LogP) is 1.21. The van der Waals surface area contributed by atoms with E-state index in [4.69, 9.17) is 22.1 Å². The number of rotatable bonds is 5. The molecule has 0 aromatic heterocycles. The number of nitrogens with two attached hydrogens (primary N) is 1. The molecule has 23 heavy (non-hydrogen) atoms. The lowest BCUT2D eigenvalue weighted by Crippen LogP contribution is -2.42. The molecule has 7 heteroatoms. The van der Waals surface area contributed by atoms with Crippen LogP contribution in [0, 0.1) is 11.8 Å². The van der Waals surface area contributed by atoms with Gasteiger partial charge in [-0.25, -0.2) is 0 Å². The molecule has 2 rings (SSSR count). The van der Waals surface area contributed by atoms with Gasteiger partial charge in [0.25, 0.3) is 0 Å². The second-order valence-electron chi connectivity index (χ2n) is 6.04. The van der Waals surface area contributed by atoms with Crippen LogP contribution in [0.15, 0.2) is 0 Å². The van der Waals surface area contributed by atoms with Crippen LogP contribution in [0.2, 0.25) is 0 Å². The molecule has 2 atom stereocenters. The van der Waals surface area contributed by atoms with Crippen molar-refractivity contribution in [1.82, 2.24) is 10.6 Å². The highest BCUT2D eigenvalue weighted by molar-refractivity contribution is 6.24. The van der Waals surface area contributed by atoms with E-state index in [1.165, 1.54) is 12.8 Å². The van der Waals surface area contributed by atoms with Crippen LogP contribution in [-0.2, 0) is 14.4 Å². The van der Waals surface area contributed by atoms with Crippen LogP contribution in [0.4, 0.5) is 0 Å². The molecule has 0 aromatic carbocycles. The third-order valence-corrected chi connectivity index (χ3v) is 3.69. The van der Waals surface area contributed by atoms with E-state index >= 15 is 0 Å². The zero-order valence-electron chi connectivity index (χ0n) is 14.1. The maximum atomic E-state index is 11.4. The molecule has 2 aliphatic rings. The van der Waals surface area contributed by atoms with E-state index in [2.05, 4.69) is 17.6 Å². The molecule has 1 heterocycles. The van der Waals surface area contributed by atoms with Crippen molar-refractivity contribution in [1.29, 1.82) is 0 Å². The van der Waals surface area contributed by atoms with Gasteiger partial charge in [0.1, 0.15) is 6.29 Å². The van der Waals surface area contributed by atoms with Gasteiger partial charge in [-0.2, -0.15) is 0 Å². The average molecular weight is 348 g/mol. The van der Waals surface area contributed by atoms with Gasteiger partial charge in [0.2, 0.25) is 11.8 Å². The summed E-state index contributed by atoms with van der Waals surface area (Å²) in [6.07, 6.45) is 6.24. The highest BCUT2D eigenvalue weighted by Crippen LogP contribution is 2.26. The number of halogens is 1. The van der Waals surface area contributed by atoms with Gasteiger partial charge >= 0.3 is 0 Å². The van der Waals surface area contributed by atoms with E-state index in [1.54, 1.807) is 0 Å². The van der Waals surface area contributed by atoms with Crippen LogP contribution in [0.1, 0.15) is 46.0 Å². The van der Waals surface area contributed by atoms with Crippen LogP contribution in [0.25, 0.3) is 0 Å². The summed E-state index contributed by atoms with van der Waals surface area (Å²) in [4.78, 5) is 31.5. The van der Waals surface area contributed by atoms with E-state index in [0.29, 0.717) is 12.7 Å². The van der Waals surface area contributed by atoms with Crippen molar-refractivity contribution in [3.63, 3.8) is 0 Å². The average Bonchev–Trinajstić information content (AvgIpc) is 3.32. The Balaban J connectivity index is 0.000000494. The Hall–Kier alpha value is -1.14.